The van der Waals surface area contributed by atoms with Gasteiger partial charge < -0.3 is 10.6 Å². The van der Waals surface area contributed by atoms with E-state index in [-0.39, 0.29) is 17.4 Å². The number of likely N-dealkylation sites (tertiary alicyclic amines) is 1. The third-order valence-electron chi connectivity index (χ3n) is 5.55. The van der Waals surface area contributed by atoms with Crippen LogP contribution in [-0.2, 0) is 4.79 Å². The number of carbonyl (C=O) groups excluding carboxylic acids is 1. The minimum atomic E-state index is -0.470. The SMILES string of the molecule is CCC(CC)(CC)[C@H](N)C(=O)N1[C@H](C#N)C[C@@H]2C[C@@H]21. The summed E-state index contributed by atoms with van der Waals surface area (Å²) in [6.07, 6.45) is 4.63. The van der Waals surface area contributed by atoms with Gasteiger partial charge in [0.15, 0.2) is 0 Å². The molecule has 0 unspecified atom stereocenters. The van der Waals surface area contributed by atoms with Gasteiger partial charge in [0.25, 0.3) is 0 Å². The summed E-state index contributed by atoms with van der Waals surface area (Å²) in [5.41, 5.74) is 6.18. The molecule has 106 valence electrons. The Kier molecular flexibility index (Phi) is 3.87. The van der Waals surface area contributed by atoms with Gasteiger partial charge >= 0.3 is 0 Å². The molecule has 2 aliphatic rings. The van der Waals surface area contributed by atoms with Crippen molar-refractivity contribution in [3.05, 3.63) is 0 Å². The predicted octanol–water partition coefficient (Wildman–Crippen LogP) is 2.04. The Labute approximate surface area is 115 Å². The molecule has 0 radical (unpaired) electrons. The zero-order valence-corrected chi connectivity index (χ0v) is 12.2. The highest BCUT2D eigenvalue weighted by Crippen LogP contribution is 2.48. The van der Waals surface area contributed by atoms with E-state index in [0.717, 1.165) is 32.1 Å². The Morgan fingerprint density at radius 1 is 1.37 bits per heavy atom. The number of hydrogen-bond acceptors (Lipinski definition) is 3. The third kappa shape index (κ3) is 2.14. The van der Waals surface area contributed by atoms with Crippen LogP contribution in [0.15, 0.2) is 0 Å². The van der Waals surface area contributed by atoms with Crippen molar-refractivity contribution in [3.63, 3.8) is 0 Å². The fraction of sp³-hybridized carbons (Fsp3) is 0.867. The molecular weight excluding hydrogens is 238 g/mol. The number of nitrogens with two attached hydrogens (primary N) is 1. The van der Waals surface area contributed by atoms with E-state index in [2.05, 4.69) is 26.8 Å². The van der Waals surface area contributed by atoms with Crippen molar-refractivity contribution in [3.8, 4) is 6.07 Å². The first-order chi connectivity index (χ1) is 9.04. The first kappa shape index (κ1) is 14.3. The molecule has 4 nitrogen and oxygen atoms in total. The Hall–Kier alpha value is -1.08. The average Bonchev–Trinajstić information content (AvgIpc) is 3.11. The van der Waals surface area contributed by atoms with E-state index in [9.17, 15) is 10.1 Å². The molecule has 4 atom stereocenters. The zero-order valence-electron chi connectivity index (χ0n) is 12.2. The van der Waals surface area contributed by atoms with Gasteiger partial charge in [-0.05, 0) is 43.4 Å². The maximum atomic E-state index is 12.7. The second-order valence-electron chi connectivity index (χ2n) is 6.09. The van der Waals surface area contributed by atoms with E-state index in [1.807, 2.05) is 0 Å². The van der Waals surface area contributed by atoms with Crippen molar-refractivity contribution in [2.45, 2.75) is 71.0 Å². The van der Waals surface area contributed by atoms with Crippen LogP contribution in [0, 0.1) is 22.7 Å². The third-order valence-corrected chi connectivity index (χ3v) is 5.55. The van der Waals surface area contributed by atoms with Gasteiger partial charge in [-0.25, -0.2) is 0 Å². The fourth-order valence-corrected chi connectivity index (χ4v) is 3.72. The van der Waals surface area contributed by atoms with E-state index in [4.69, 9.17) is 5.73 Å². The predicted molar refractivity (Wildman–Crippen MR) is 74.0 cm³/mol. The van der Waals surface area contributed by atoms with Crippen LogP contribution in [0.1, 0.15) is 52.9 Å². The van der Waals surface area contributed by atoms with Gasteiger partial charge in [-0.3, -0.25) is 4.79 Å². The molecule has 1 amide bonds. The second kappa shape index (κ2) is 5.13. The smallest absolute Gasteiger partial charge is 0.241 e. The van der Waals surface area contributed by atoms with Crippen LogP contribution < -0.4 is 5.73 Å². The number of nitrogens with zero attached hydrogens (tertiary/aromatic N) is 2. The molecule has 0 aromatic heterocycles. The van der Waals surface area contributed by atoms with Gasteiger partial charge in [0.05, 0.1) is 12.1 Å². The molecule has 2 rings (SSSR count). The highest BCUT2D eigenvalue weighted by molar-refractivity contribution is 5.84. The Morgan fingerprint density at radius 2 is 1.95 bits per heavy atom. The largest absolute Gasteiger partial charge is 0.322 e. The van der Waals surface area contributed by atoms with E-state index in [0.29, 0.717) is 12.0 Å². The van der Waals surface area contributed by atoms with Crippen LogP contribution in [0.4, 0.5) is 0 Å². The maximum absolute atomic E-state index is 12.7. The fourth-order valence-electron chi connectivity index (χ4n) is 3.72. The highest BCUT2D eigenvalue weighted by atomic mass is 16.2. The van der Waals surface area contributed by atoms with Crippen molar-refractivity contribution in [2.75, 3.05) is 0 Å². The first-order valence-electron chi connectivity index (χ1n) is 7.52. The Balaban J connectivity index is 2.17. The molecule has 4 heteroatoms. The van der Waals surface area contributed by atoms with Gasteiger partial charge in [-0.2, -0.15) is 5.26 Å². The zero-order chi connectivity index (χ0) is 14.2. The van der Waals surface area contributed by atoms with Crippen molar-refractivity contribution in [1.29, 1.82) is 5.26 Å². The summed E-state index contributed by atoms with van der Waals surface area (Å²) >= 11 is 0. The van der Waals surface area contributed by atoms with Gasteiger partial charge in [0, 0.05) is 6.04 Å². The minimum absolute atomic E-state index is 0.00194. The van der Waals surface area contributed by atoms with E-state index in [1.165, 1.54) is 0 Å². The number of hydrogen-bond donors (Lipinski definition) is 1. The van der Waals surface area contributed by atoms with Crippen molar-refractivity contribution in [2.24, 2.45) is 17.1 Å². The summed E-state index contributed by atoms with van der Waals surface area (Å²) in [6.45, 7) is 6.31. The van der Waals surface area contributed by atoms with E-state index in [1.54, 1.807) is 4.90 Å². The molecule has 1 saturated heterocycles. The van der Waals surface area contributed by atoms with Gasteiger partial charge in [-0.15, -0.1) is 0 Å². The quantitative estimate of drug-likeness (QED) is 0.825. The Bertz CT molecular complexity index is 388. The number of rotatable bonds is 5. The summed E-state index contributed by atoms with van der Waals surface area (Å²) < 4.78 is 0. The second-order valence-corrected chi connectivity index (χ2v) is 6.09. The van der Waals surface area contributed by atoms with Crippen LogP contribution >= 0.6 is 0 Å². The number of piperidine rings is 1. The van der Waals surface area contributed by atoms with Crippen LogP contribution in [0.2, 0.25) is 0 Å². The molecular formula is C15H25N3O. The monoisotopic (exact) mass is 263 g/mol. The van der Waals surface area contributed by atoms with Gasteiger partial charge in [0.2, 0.25) is 5.91 Å². The number of fused-ring (bicyclic) bond motifs is 1. The summed E-state index contributed by atoms with van der Waals surface area (Å²) in [5.74, 6) is 0.558. The minimum Gasteiger partial charge on any atom is -0.322 e. The normalized spacial score (nSPS) is 30.7. The first-order valence-corrected chi connectivity index (χ1v) is 7.52. The molecule has 2 N–H and O–H groups in total. The van der Waals surface area contributed by atoms with Gasteiger partial charge in [0.1, 0.15) is 6.04 Å². The maximum Gasteiger partial charge on any atom is 0.241 e. The lowest BCUT2D eigenvalue weighted by Gasteiger charge is -2.38. The standard InChI is InChI=1S/C15H25N3O/c1-4-15(5-2,6-3)13(17)14(19)18-11(9-16)7-10-8-12(10)18/h10-13H,4-8,17H2,1-3H3/t10-,11+,12+,13-/m1/s1. The molecule has 2 fully saturated rings. The van der Waals surface area contributed by atoms with E-state index >= 15 is 0 Å². The van der Waals surface area contributed by atoms with Crippen LogP contribution in [0.3, 0.4) is 0 Å². The van der Waals surface area contributed by atoms with Crippen molar-refractivity contribution < 1.29 is 4.79 Å². The lowest BCUT2D eigenvalue weighted by molar-refractivity contribution is -0.137. The molecule has 1 aliphatic heterocycles. The van der Waals surface area contributed by atoms with Crippen LogP contribution in [0.25, 0.3) is 0 Å². The van der Waals surface area contributed by atoms with Crippen molar-refractivity contribution in [1.82, 2.24) is 4.90 Å². The summed E-state index contributed by atoms with van der Waals surface area (Å²) in [5, 5.41) is 9.20. The summed E-state index contributed by atoms with van der Waals surface area (Å²) in [4.78, 5) is 14.5. The number of nitriles is 1. The highest BCUT2D eigenvalue weighted by Gasteiger charge is 2.56. The molecule has 19 heavy (non-hydrogen) atoms. The lowest BCUT2D eigenvalue weighted by atomic mass is 9.73. The summed E-state index contributed by atoms with van der Waals surface area (Å²) in [6, 6.07) is 1.85. The number of carbonyl (C=O) groups is 1. The Morgan fingerprint density at radius 3 is 2.42 bits per heavy atom. The summed E-state index contributed by atoms with van der Waals surface area (Å²) in [7, 11) is 0. The van der Waals surface area contributed by atoms with E-state index < -0.39 is 6.04 Å². The average molecular weight is 263 g/mol. The lowest BCUT2D eigenvalue weighted by Crippen LogP contribution is -2.54. The molecule has 1 aliphatic carbocycles. The number of amides is 1. The molecule has 1 heterocycles. The van der Waals surface area contributed by atoms with Crippen LogP contribution in [-0.4, -0.2) is 28.9 Å². The molecule has 1 saturated carbocycles. The molecule has 0 bridgehead atoms. The van der Waals surface area contributed by atoms with Crippen molar-refractivity contribution >= 4 is 5.91 Å². The van der Waals surface area contributed by atoms with Gasteiger partial charge in [-0.1, -0.05) is 20.8 Å². The molecule has 0 aromatic rings. The topological polar surface area (TPSA) is 70.1 Å². The van der Waals surface area contributed by atoms with Crippen LogP contribution in [0.5, 0.6) is 0 Å². The molecule has 0 aromatic carbocycles. The molecule has 0 spiro atoms.